The minimum atomic E-state index is 0.706. The van der Waals surface area contributed by atoms with Gasteiger partial charge in [0.15, 0.2) is 0 Å². The molecular weight excluding hydrogens is 234 g/mol. The maximum absolute atomic E-state index is 3.91. The molecule has 2 heterocycles. The van der Waals surface area contributed by atoms with Crippen molar-refractivity contribution in [3.05, 3.63) is 0 Å². The van der Waals surface area contributed by atoms with Gasteiger partial charge in [0.1, 0.15) is 0 Å². The first kappa shape index (κ1) is 15.3. The van der Waals surface area contributed by atoms with E-state index in [0.29, 0.717) is 6.04 Å². The Kier molecular flexibility index (Phi) is 6.11. The molecule has 0 saturated carbocycles. The maximum atomic E-state index is 3.91. The molecule has 3 nitrogen and oxygen atoms in total. The summed E-state index contributed by atoms with van der Waals surface area (Å²) in [7, 11) is 2.24. The molecule has 2 fully saturated rings. The third-order valence-corrected chi connectivity index (χ3v) is 5.10. The van der Waals surface area contributed by atoms with E-state index in [9.17, 15) is 0 Å². The van der Waals surface area contributed by atoms with Crippen molar-refractivity contribution in [3.8, 4) is 0 Å². The highest BCUT2D eigenvalue weighted by Crippen LogP contribution is 2.22. The van der Waals surface area contributed by atoms with Crippen molar-refractivity contribution in [1.82, 2.24) is 15.1 Å². The lowest BCUT2D eigenvalue weighted by Crippen LogP contribution is -2.48. The smallest absolute Gasteiger partial charge is 0.00939 e. The molecule has 0 amide bonds. The Hall–Kier alpha value is -0.120. The summed E-state index contributed by atoms with van der Waals surface area (Å²) < 4.78 is 0. The number of hydrogen-bond acceptors (Lipinski definition) is 3. The third kappa shape index (κ3) is 4.73. The number of nitrogens with one attached hydrogen (secondary N) is 1. The highest BCUT2D eigenvalue weighted by molar-refractivity contribution is 4.84. The summed E-state index contributed by atoms with van der Waals surface area (Å²) in [5.41, 5.74) is 0. The molecule has 0 radical (unpaired) electrons. The summed E-state index contributed by atoms with van der Waals surface area (Å²) in [5, 5.41) is 3.91. The van der Waals surface area contributed by atoms with Gasteiger partial charge in [0.05, 0.1) is 0 Å². The zero-order valence-electron chi connectivity index (χ0n) is 13.2. The molecule has 19 heavy (non-hydrogen) atoms. The van der Waals surface area contributed by atoms with E-state index in [2.05, 4.69) is 36.0 Å². The van der Waals surface area contributed by atoms with Crippen molar-refractivity contribution in [2.45, 2.75) is 58.0 Å². The van der Waals surface area contributed by atoms with Crippen LogP contribution < -0.4 is 5.32 Å². The van der Waals surface area contributed by atoms with E-state index in [1.807, 2.05) is 0 Å². The van der Waals surface area contributed by atoms with Crippen LogP contribution in [0.25, 0.3) is 0 Å². The highest BCUT2D eigenvalue weighted by Gasteiger charge is 2.26. The van der Waals surface area contributed by atoms with Crippen molar-refractivity contribution >= 4 is 0 Å². The molecule has 0 aliphatic carbocycles. The zero-order valence-corrected chi connectivity index (χ0v) is 13.2. The Morgan fingerprint density at radius 1 is 1.05 bits per heavy atom. The fourth-order valence-corrected chi connectivity index (χ4v) is 3.68. The van der Waals surface area contributed by atoms with Crippen LogP contribution >= 0.6 is 0 Å². The fraction of sp³-hybridized carbons (Fsp3) is 1.00. The van der Waals surface area contributed by atoms with Crippen molar-refractivity contribution in [2.24, 2.45) is 5.92 Å². The molecule has 2 aliphatic rings. The molecule has 2 aliphatic heterocycles. The number of rotatable bonds is 5. The second kappa shape index (κ2) is 7.61. The third-order valence-electron chi connectivity index (χ3n) is 5.10. The largest absolute Gasteiger partial charge is 0.311 e. The summed E-state index contributed by atoms with van der Waals surface area (Å²) in [6.45, 7) is 11.2. The average molecular weight is 267 g/mol. The minimum Gasteiger partial charge on any atom is -0.311 e. The van der Waals surface area contributed by atoms with Crippen LogP contribution in [0, 0.1) is 5.92 Å². The zero-order chi connectivity index (χ0) is 13.7. The lowest BCUT2D eigenvalue weighted by atomic mass is 9.89. The van der Waals surface area contributed by atoms with Gasteiger partial charge in [-0.2, -0.15) is 0 Å². The molecule has 2 rings (SSSR count). The first-order chi connectivity index (χ1) is 9.19. The average Bonchev–Trinajstić information content (AvgIpc) is 2.42. The van der Waals surface area contributed by atoms with Gasteiger partial charge in [-0.05, 0) is 84.7 Å². The predicted molar refractivity (Wildman–Crippen MR) is 82.6 cm³/mol. The van der Waals surface area contributed by atoms with Crippen LogP contribution in [0.5, 0.6) is 0 Å². The van der Waals surface area contributed by atoms with Gasteiger partial charge in [-0.3, -0.25) is 0 Å². The first-order valence-electron chi connectivity index (χ1n) is 8.36. The number of piperidine rings is 2. The molecule has 0 aromatic heterocycles. The monoisotopic (exact) mass is 267 g/mol. The van der Waals surface area contributed by atoms with E-state index in [1.165, 1.54) is 64.8 Å². The quantitative estimate of drug-likeness (QED) is 0.824. The van der Waals surface area contributed by atoms with E-state index in [1.54, 1.807) is 0 Å². The van der Waals surface area contributed by atoms with E-state index >= 15 is 0 Å². The van der Waals surface area contributed by atoms with Crippen LogP contribution in [0.1, 0.15) is 46.0 Å². The lowest BCUT2D eigenvalue weighted by Gasteiger charge is -2.38. The number of likely N-dealkylation sites (tertiary alicyclic amines) is 2. The Labute approximate surface area is 119 Å². The van der Waals surface area contributed by atoms with E-state index in [4.69, 9.17) is 0 Å². The lowest BCUT2D eigenvalue weighted by molar-refractivity contribution is 0.148. The van der Waals surface area contributed by atoms with Gasteiger partial charge in [-0.25, -0.2) is 0 Å². The maximum Gasteiger partial charge on any atom is 0.00939 e. The van der Waals surface area contributed by atoms with Crippen molar-refractivity contribution in [2.75, 3.05) is 39.8 Å². The van der Waals surface area contributed by atoms with Gasteiger partial charge < -0.3 is 15.1 Å². The Morgan fingerprint density at radius 3 is 2.26 bits per heavy atom. The van der Waals surface area contributed by atoms with Crippen LogP contribution in [0.15, 0.2) is 0 Å². The molecule has 0 aromatic carbocycles. The van der Waals surface area contributed by atoms with Gasteiger partial charge in [-0.1, -0.05) is 6.92 Å². The van der Waals surface area contributed by atoms with Crippen LogP contribution in [-0.4, -0.2) is 61.7 Å². The minimum absolute atomic E-state index is 0.706. The highest BCUT2D eigenvalue weighted by atomic mass is 15.1. The van der Waals surface area contributed by atoms with Gasteiger partial charge >= 0.3 is 0 Å². The van der Waals surface area contributed by atoms with E-state index in [0.717, 1.165) is 12.0 Å². The second-order valence-electron chi connectivity index (χ2n) is 6.71. The van der Waals surface area contributed by atoms with E-state index < -0.39 is 0 Å². The van der Waals surface area contributed by atoms with Gasteiger partial charge in [0.25, 0.3) is 0 Å². The molecular formula is C16H33N3. The second-order valence-corrected chi connectivity index (χ2v) is 6.71. The van der Waals surface area contributed by atoms with E-state index in [-0.39, 0.29) is 0 Å². The summed E-state index contributed by atoms with van der Waals surface area (Å²) in [5.74, 6) is 0.896. The van der Waals surface area contributed by atoms with Crippen LogP contribution in [0.4, 0.5) is 0 Å². The van der Waals surface area contributed by atoms with Crippen LogP contribution in [0.2, 0.25) is 0 Å². The van der Waals surface area contributed by atoms with Crippen LogP contribution in [0.3, 0.4) is 0 Å². The SMILES string of the molecule is CCCN1CCC(C(C)NC2CCN(C)CC2)CC1. The predicted octanol–water partition coefficient (Wildman–Crippen LogP) is 2.18. The molecule has 0 aromatic rings. The normalized spacial score (nSPS) is 26.7. The van der Waals surface area contributed by atoms with Gasteiger partial charge in [0.2, 0.25) is 0 Å². The summed E-state index contributed by atoms with van der Waals surface area (Å²) >= 11 is 0. The van der Waals surface area contributed by atoms with Gasteiger partial charge in [-0.15, -0.1) is 0 Å². The molecule has 2 saturated heterocycles. The van der Waals surface area contributed by atoms with Crippen molar-refractivity contribution in [1.29, 1.82) is 0 Å². The molecule has 0 bridgehead atoms. The molecule has 1 N–H and O–H groups in total. The molecule has 1 unspecified atom stereocenters. The molecule has 1 atom stereocenters. The topological polar surface area (TPSA) is 18.5 Å². The van der Waals surface area contributed by atoms with Gasteiger partial charge in [0, 0.05) is 12.1 Å². The Balaban J connectivity index is 1.68. The summed E-state index contributed by atoms with van der Waals surface area (Å²) in [4.78, 5) is 5.09. The van der Waals surface area contributed by atoms with Crippen LogP contribution in [-0.2, 0) is 0 Å². The summed E-state index contributed by atoms with van der Waals surface area (Å²) in [6, 6.07) is 1.47. The fourth-order valence-electron chi connectivity index (χ4n) is 3.68. The standard InChI is InChI=1S/C16H33N3/c1-4-9-19-12-5-15(6-13-19)14(2)17-16-7-10-18(3)11-8-16/h14-17H,4-13H2,1-3H3. The Morgan fingerprint density at radius 2 is 1.68 bits per heavy atom. The summed E-state index contributed by atoms with van der Waals surface area (Å²) in [6.07, 6.45) is 6.74. The molecule has 3 heteroatoms. The van der Waals surface area contributed by atoms with Crippen molar-refractivity contribution < 1.29 is 0 Å². The number of hydrogen-bond donors (Lipinski definition) is 1. The molecule has 112 valence electrons. The van der Waals surface area contributed by atoms with Crippen molar-refractivity contribution in [3.63, 3.8) is 0 Å². The first-order valence-corrected chi connectivity index (χ1v) is 8.36. The number of nitrogens with zero attached hydrogens (tertiary/aromatic N) is 2. The Bertz CT molecular complexity index is 240. The molecule has 0 spiro atoms.